The SMILES string of the molecule is COc1ccc(CN2CCC(C(=O)NCCN3CCOCC3)CC2)cc1. The second kappa shape index (κ2) is 9.90. The van der Waals surface area contributed by atoms with Gasteiger partial charge in [0.1, 0.15) is 5.75 Å². The van der Waals surface area contributed by atoms with Crippen molar-refractivity contribution in [3.05, 3.63) is 29.8 Å². The normalized spacial score (nSPS) is 20.0. The summed E-state index contributed by atoms with van der Waals surface area (Å²) in [7, 11) is 1.69. The Bertz CT molecular complexity index is 550. The lowest BCUT2D eigenvalue weighted by atomic mass is 9.95. The number of carbonyl (C=O) groups is 1. The molecule has 2 aliphatic heterocycles. The molecule has 0 atom stereocenters. The Kier molecular flexibility index (Phi) is 7.29. The summed E-state index contributed by atoms with van der Waals surface area (Å²) in [6, 6.07) is 8.24. The third-order valence-electron chi connectivity index (χ3n) is 5.35. The minimum Gasteiger partial charge on any atom is -0.497 e. The van der Waals surface area contributed by atoms with Crippen molar-refractivity contribution in [3.8, 4) is 5.75 Å². The highest BCUT2D eigenvalue weighted by Crippen LogP contribution is 2.20. The Morgan fingerprint density at radius 3 is 2.46 bits per heavy atom. The number of rotatable bonds is 7. The van der Waals surface area contributed by atoms with E-state index in [-0.39, 0.29) is 11.8 Å². The fourth-order valence-electron chi connectivity index (χ4n) is 3.65. The number of nitrogens with zero attached hydrogens (tertiary/aromatic N) is 2. The standard InChI is InChI=1S/C20H31N3O3/c1-25-19-4-2-17(3-5-19)16-23-9-6-18(7-10-23)20(24)21-8-11-22-12-14-26-15-13-22/h2-5,18H,6-16H2,1H3,(H,21,24). The number of carbonyl (C=O) groups excluding carboxylic acids is 1. The van der Waals surface area contributed by atoms with Gasteiger partial charge in [-0.05, 0) is 43.6 Å². The number of hydrogen-bond donors (Lipinski definition) is 1. The van der Waals surface area contributed by atoms with Gasteiger partial charge in [0, 0.05) is 38.6 Å². The predicted molar refractivity (Wildman–Crippen MR) is 101 cm³/mol. The first-order valence-electron chi connectivity index (χ1n) is 9.67. The van der Waals surface area contributed by atoms with Crippen molar-refractivity contribution < 1.29 is 14.3 Å². The van der Waals surface area contributed by atoms with E-state index >= 15 is 0 Å². The Labute approximate surface area is 156 Å². The van der Waals surface area contributed by atoms with Crippen molar-refractivity contribution in [1.29, 1.82) is 0 Å². The molecule has 1 aromatic rings. The van der Waals surface area contributed by atoms with E-state index in [1.807, 2.05) is 12.1 Å². The number of benzene rings is 1. The van der Waals surface area contributed by atoms with Crippen LogP contribution >= 0.6 is 0 Å². The van der Waals surface area contributed by atoms with Crippen LogP contribution in [0.25, 0.3) is 0 Å². The van der Waals surface area contributed by atoms with Gasteiger partial charge in [-0.2, -0.15) is 0 Å². The smallest absolute Gasteiger partial charge is 0.223 e. The number of methoxy groups -OCH3 is 1. The molecule has 3 rings (SSSR count). The van der Waals surface area contributed by atoms with E-state index in [4.69, 9.17) is 9.47 Å². The van der Waals surface area contributed by atoms with Crippen molar-refractivity contribution in [1.82, 2.24) is 15.1 Å². The highest BCUT2D eigenvalue weighted by Gasteiger charge is 2.24. The van der Waals surface area contributed by atoms with Crippen LogP contribution in [-0.2, 0) is 16.1 Å². The van der Waals surface area contributed by atoms with Gasteiger partial charge in [0.2, 0.25) is 5.91 Å². The first-order chi connectivity index (χ1) is 12.7. The lowest BCUT2D eigenvalue weighted by molar-refractivity contribution is -0.126. The van der Waals surface area contributed by atoms with Crippen molar-refractivity contribution in [3.63, 3.8) is 0 Å². The molecule has 2 fully saturated rings. The number of amides is 1. The molecule has 2 aliphatic rings. The summed E-state index contributed by atoms with van der Waals surface area (Å²) >= 11 is 0. The van der Waals surface area contributed by atoms with Crippen LogP contribution in [0, 0.1) is 5.92 Å². The fraction of sp³-hybridized carbons (Fsp3) is 0.650. The summed E-state index contributed by atoms with van der Waals surface area (Å²) in [5.41, 5.74) is 1.29. The van der Waals surface area contributed by atoms with E-state index in [2.05, 4.69) is 27.2 Å². The Hall–Kier alpha value is -1.63. The molecule has 0 spiro atoms. The monoisotopic (exact) mass is 361 g/mol. The van der Waals surface area contributed by atoms with Crippen molar-refractivity contribution in [2.24, 2.45) is 5.92 Å². The van der Waals surface area contributed by atoms with E-state index in [0.717, 1.165) is 77.6 Å². The second-order valence-corrected chi connectivity index (χ2v) is 7.14. The third kappa shape index (κ3) is 5.69. The maximum atomic E-state index is 12.4. The molecular weight excluding hydrogens is 330 g/mol. The van der Waals surface area contributed by atoms with Gasteiger partial charge in [0.25, 0.3) is 0 Å². The van der Waals surface area contributed by atoms with Gasteiger partial charge in [0.15, 0.2) is 0 Å². The molecule has 144 valence electrons. The van der Waals surface area contributed by atoms with Crippen LogP contribution in [0.4, 0.5) is 0 Å². The zero-order chi connectivity index (χ0) is 18.2. The number of nitrogens with one attached hydrogen (secondary N) is 1. The molecule has 0 radical (unpaired) electrons. The van der Waals surface area contributed by atoms with Crippen molar-refractivity contribution >= 4 is 5.91 Å². The van der Waals surface area contributed by atoms with Crippen LogP contribution in [-0.4, -0.2) is 75.3 Å². The zero-order valence-corrected chi connectivity index (χ0v) is 15.8. The molecule has 2 heterocycles. The van der Waals surface area contributed by atoms with E-state index in [0.29, 0.717) is 0 Å². The van der Waals surface area contributed by atoms with E-state index < -0.39 is 0 Å². The zero-order valence-electron chi connectivity index (χ0n) is 15.8. The highest BCUT2D eigenvalue weighted by molar-refractivity contribution is 5.78. The average Bonchev–Trinajstić information content (AvgIpc) is 2.70. The molecule has 0 aromatic heterocycles. The highest BCUT2D eigenvalue weighted by atomic mass is 16.5. The van der Waals surface area contributed by atoms with Crippen LogP contribution < -0.4 is 10.1 Å². The van der Waals surface area contributed by atoms with Gasteiger partial charge in [0.05, 0.1) is 20.3 Å². The number of ether oxygens (including phenoxy) is 2. The van der Waals surface area contributed by atoms with E-state index in [1.165, 1.54) is 5.56 Å². The molecule has 1 aromatic carbocycles. The van der Waals surface area contributed by atoms with Gasteiger partial charge >= 0.3 is 0 Å². The van der Waals surface area contributed by atoms with Crippen LogP contribution in [0.3, 0.4) is 0 Å². The number of likely N-dealkylation sites (tertiary alicyclic amines) is 1. The molecule has 6 heteroatoms. The van der Waals surface area contributed by atoms with E-state index in [9.17, 15) is 4.79 Å². The lowest BCUT2D eigenvalue weighted by Crippen LogP contribution is -2.44. The molecule has 0 saturated carbocycles. The molecule has 0 unspecified atom stereocenters. The average molecular weight is 361 g/mol. The summed E-state index contributed by atoms with van der Waals surface area (Å²) in [5.74, 6) is 1.27. The molecule has 1 amide bonds. The van der Waals surface area contributed by atoms with Crippen LogP contribution in [0.15, 0.2) is 24.3 Å². The Balaban J connectivity index is 1.33. The minimum atomic E-state index is 0.159. The van der Waals surface area contributed by atoms with Crippen LogP contribution in [0.5, 0.6) is 5.75 Å². The second-order valence-electron chi connectivity index (χ2n) is 7.14. The molecule has 2 saturated heterocycles. The molecule has 1 N–H and O–H groups in total. The summed E-state index contributed by atoms with van der Waals surface area (Å²) < 4.78 is 10.5. The molecular formula is C20H31N3O3. The third-order valence-corrected chi connectivity index (χ3v) is 5.35. The van der Waals surface area contributed by atoms with Gasteiger partial charge in [-0.25, -0.2) is 0 Å². The molecule has 6 nitrogen and oxygen atoms in total. The summed E-state index contributed by atoms with van der Waals surface area (Å²) in [4.78, 5) is 17.2. The van der Waals surface area contributed by atoms with Crippen LogP contribution in [0.1, 0.15) is 18.4 Å². The van der Waals surface area contributed by atoms with Crippen molar-refractivity contribution in [2.45, 2.75) is 19.4 Å². The molecule has 0 bridgehead atoms. The largest absolute Gasteiger partial charge is 0.497 e. The number of piperidine rings is 1. The first-order valence-corrected chi connectivity index (χ1v) is 9.67. The van der Waals surface area contributed by atoms with Gasteiger partial charge in [-0.15, -0.1) is 0 Å². The summed E-state index contributed by atoms with van der Waals surface area (Å²) in [6.45, 7) is 8.12. The predicted octanol–water partition coefficient (Wildman–Crippen LogP) is 1.36. The molecule has 0 aliphatic carbocycles. The van der Waals surface area contributed by atoms with Crippen LogP contribution in [0.2, 0.25) is 0 Å². The van der Waals surface area contributed by atoms with E-state index in [1.54, 1.807) is 7.11 Å². The topological polar surface area (TPSA) is 54.0 Å². The van der Waals surface area contributed by atoms with Gasteiger partial charge in [-0.3, -0.25) is 14.6 Å². The first kappa shape index (κ1) is 19.1. The van der Waals surface area contributed by atoms with Gasteiger partial charge in [-0.1, -0.05) is 12.1 Å². The quantitative estimate of drug-likeness (QED) is 0.795. The maximum Gasteiger partial charge on any atom is 0.223 e. The summed E-state index contributed by atoms with van der Waals surface area (Å²) in [5, 5.41) is 3.12. The Morgan fingerprint density at radius 2 is 1.81 bits per heavy atom. The Morgan fingerprint density at radius 1 is 1.12 bits per heavy atom. The maximum absolute atomic E-state index is 12.4. The summed E-state index contributed by atoms with van der Waals surface area (Å²) in [6.07, 6.45) is 1.89. The molecule has 26 heavy (non-hydrogen) atoms. The lowest BCUT2D eigenvalue weighted by Gasteiger charge is -2.31. The fourth-order valence-corrected chi connectivity index (χ4v) is 3.65. The van der Waals surface area contributed by atoms with Gasteiger partial charge < -0.3 is 14.8 Å². The number of morpholine rings is 1. The van der Waals surface area contributed by atoms with Crippen molar-refractivity contribution in [2.75, 3.05) is 59.6 Å². The minimum absolute atomic E-state index is 0.159. The number of hydrogen-bond acceptors (Lipinski definition) is 5.